The van der Waals surface area contributed by atoms with Gasteiger partial charge in [0.25, 0.3) is 0 Å². The molecule has 0 saturated carbocycles. The second-order valence-corrected chi connectivity index (χ2v) is 5.64. The van der Waals surface area contributed by atoms with Gasteiger partial charge in [0.15, 0.2) is 0 Å². The number of aryl methyl sites for hydroxylation is 2. The molecule has 0 atom stereocenters. The Hall–Kier alpha value is -2.11. The minimum Gasteiger partial charge on any atom is -0.395 e. The van der Waals surface area contributed by atoms with E-state index in [1.54, 1.807) is 10.8 Å². The van der Waals surface area contributed by atoms with Crippen molar-refractivity contribution in [3.8, 4) is 0 Å². The number of aliphatic hydroxyl groups excluding tert-OH is 1. The maximum atomic E-state index is 11.5. The van der Waals surface area contributed by atoms with Crippen molar-refractivity contribution in [2.24, 2.45) is 0 Å². The monoisotopic (exact) mass is 333 g/mol. The van der Waals surface area contributed by atoms with Gasteiger partial charge in [0.1, 0.15) is 5.15 Å². The maximum Gasteiger partial charge on any atom is 0.244 e. The fourth-order valence-corrected chi connectivity index (χ4v) is 2.42. The highest BCUT2D eigenvalue weighted by atomic mass is 35.5. The van der Waals surface area contributed by atoms with Gasteiger partial charge in [0, 0.05) is 18.2 Å². The van der Waals surface area contributed by atoms with Crippen LogP contribution >= 0.6 is 11.6 Å². The zero-order valence-corrected chi connectivity index (χ0v) is 14.0. The minimum atomic E-state index is -0.277. The van der Waals surface area contributed by atoms with E-state index in [4.69, 9.17) is 16.7 Å². The molecule has 0 unspecified atom stereocenters. The van der Waals surface area contributed by atoms with Gasteiger partial charge in [-0.25, -0.2) is 4.68 Å². The van der Waals surface area contributed by atoms with Crippen molar-refractivity contribution in [2.75, 3.05) is 13.2 Å². The van der Waals surface area contributed by atoms with Crippen molar-refractivity contribution < 1.29 is 9.90 Å². The van der Waals surface area contributed by atoms with E-state index in [1.807, 2.05) is 38.1 Å². The Labute approximate surface area is 140 Å². The van der Waals surface area contributed by atoms with E-state index < -0.39 is 0 Å². The van der Waals surface area contributed by atoms with Gasteiger partial charge in [-0.1, -0.05) is 41.4 Å². The molecular formula is C17H20ClN3O2. The van der Waals surface area contributed by atoms with Crippen LogP contribution in [0.3, 0.4) is 0 Å². The molecule has 1 aromatic carbocycles. The summed E-state index contributed by atoms with van der Waals surface area (Å²) in [5.41, 5.74) is 3.79. The molecule has 23 heavy (non-hydrogen) atoms. The molecule has 0 aliphatic rings. The number of aromatic nitrogens is 2. The lowest BCUT2D eigenvalue weighted by Crippen LogP contribution is -2.24. The second-order valence-electron chi connectivity index (χ2n) is 5.28. The van der Waals surface area contributed by atoms with E-state index in [0.29, 0.717) is 11.7 Å². The summed E-state index contributed by atoms with van der Waals surface area (Å²) in [6.07, 6.45) is 3.03. The van der Waals surface area contributed by atoms with Crippen LogP contribution < -0.4 is 5.32 Å². The molecule has 1 aromatic heterocycles. The summed E-state index contributed by atoms with van der Waals surface area (Å²) in [5, 5.41) is 16.1. The third-order valence-corrected chi connectivity index (χ3v) is 3.77. The first kappa shape index (κ1) is 17.2. The number of rotatable bonds is 6. The van der Waals surface area contributed by atoms with Crippen molar-refractivity contribution in [3.63, 3.8) is 0 Å². The molecule has 0 aliphatic heterocycles. The Morgan fingerprint density at radius 1 is 1.35 bits per heavy atom. The number of amides is 1. The Morgan fingerprint density at radius 2 is 2.04 bits per heavy atom. The van der Waals surface area contributed by atoms with Crippen molar-refractivity contribution in [2.45, 2.75) is 20.4 Å². The number of carbonyl (C=O) groups excluding carboxylic acids is 1. The molecule has 5 nitrogen and oxygen atoms in total. The summed E-state index contributed by atoms with van der Waals surface area (Å²) in [4.78, 5) is 11.5. The summed E-state index contributed by atoms with van der Waals surface area (Å²) < 4.78 is 1.72. The van der Waals surface area contributed by atoms with Gasteiger partial charge in [0.2, 0.25) is 5.91 Å². The first-order chi connectivity index (χ1) is 11.0. The van der Waals surface area contributed by atoms with E-state index in [9.17, 15) is 4.79 Å². The third kappa shape index (κ3) is 4.68. The number of halogens is 1. The van der Waals surface area contributed by atoms with Gasteiger partial charge in [-0.2, -0.15) is 5.10 Å². The van der Waals surface area contributed by atoms with E-state index in [2.05, 4.69) is 10.4 Å². The van der Waals surface area contributed by atoms with Crippen LogP contribution in [0.25, 0.3) is 6.08 Å². The SMILES string of the molecule is Cc1ccc(Cn2nc(C)c(/C=C/C(=O)NCCO)c2Cl)cc1. The van der Waals surface area contributed by atoms with E-state index in [0.717, 1.165) is 16.8 Å². The largest absolute Gasteiger partial charge is 0.395 e. The highest BCUT2D eigenvalue weighted by Crippen LogP contribution is 2.22. The average Bonchev–Trinajstić information content (AvgIpc) is 2.79. The quantitative estimate of drug-likeness (QED) is 0.797. The molecule has 0 saturated heterocycles. The Bertz CT molecular complexity index is 705. The zero-order chi connectivity index (χ0) is 16.8. The van der Waals surface area contributed by atoms with Crippen LogP contribution in [0.2, 0.25) is 5.15 Å². The molecule has 0 spiro atoms. The highest BCUT2D eigenvalue weighted by Gasteiger charge is 2.11. The number of hydrogen-bond donors (Lipinski definition) is 2. The summed E-state index contributed by atoms with van der Waals surface area (Å²) >= 11 is 6.38. The normalized spacial score (nSPS) is 11.1. The summed E-state index contributed by atoms with van der Waals surface area (Å²) in [6, 6.07) is 8.18. The Morgan fingerprint density at radius 3 is 2.70 bits per heavy atom. The predicted octanol–water partition coefficient (Wildman–Crippen LogP) is 2.32. The number of nitrogens with one attached hydrogen (secondary N) is 1. The maximum absolute atomic E-state index is 11.5. The van der Waals surface area contributed by atoms with Crippen LogP contribution in [0.5, 0.6) is 0 Å². The molecule has 0 radical (unpaired) electrons. The molecule has 1 amide bonds. The molecule has 122 valence electrons. The number of carbonyl (C=O) groups is 1. The summed E-state index contributed by atoms with van der Waals surface area (Å²) in [6.45, 7) is 4.60. The van der Waals surface area contributed by atoms with Crippen LogP contribution in [0.4, 0.5) is 0 Å². The van der Waals surface area contributed by atoms with Gasteiger partial charge < -0.3 is 10.4 Å². The third-order valence-electron chi connectivity index (χ3n) is 3.37. The van der Waals surface area contributed by atoms with Crippen molar-refractivity contribution in [3.05, 3.63) is 57.9 Å². The molecule has 0 aliphatic carbocycles. The van der Waals surface area contributed by atoms with Gasteiger partial charge in [-0.05, 0) is 25.5 Å². The van der Waals surface area contributed by atoms with Crippen LogP contribution in [0.15, 0.2) is 30.3 Å². The number of nitrogens with zero attached hydrogens (tertiary/aromatic N) is 2. The number of hydrogen-bond acceptors (Lipinski definition) is 3. The van der Waals surface area contributed by atoms with E-state index in [-0.39, 0.29) is 19.1 Å². The van der Waals surface area contributed by atoms with E-state index in [1.165, 1.54) is 11.6 Å². The zero-order valence-electron chi connectivity index (χ0n) is 13.2. The lowest BCUT2D eigenvalue weighted by Gasteiger charge is -2.04. The second kappa shape index (κ2) is 7.94. The fourth-order valence-electron chi connectivity index (χ4n) is 2.12. The fraction of sp³-hybridized carbons (Fsp3) is 0.294. The van der Waals surface area contributed by atoms with Crippen LogP contribution in [-0.4, -0.2) is 33.9 Å². The Kier molecular flexibility index (Phi) is 5.96. The van der Waals surface area contributed by atoms with Crippen molar-refractivity contribution >= 4 is 23.6 Å². The lowest BCUT2D eigenvalue weighted by molar-refractivity contribution is -0.116. The van der Waals surface area contributed by atoms with E-state index >= 15 is 0 Å². The molecule has 6 heteroatoms. The highest BCUT2D eigenvalue weighted by molar-refractivity contribution is 6.31. The van der Waals surface area contributed by atoms with Gasteiger partial charge in [0.05, 0.1) is 18.8 Å². The predicted molar refractivity (Wildman–Crippen MR) is 91.4 cm³/mol. The van der Waals surface area contributed by atoms with Crippen LogP contribution in [-0.2, 0) is 11.3 Å². The average molecular weight is 334 g/mol. The molecule has 2 aromatic rings. The number of benzene rings is 1. The molecule has 2 rings (SSSR count). The summed E-state index contributed by atoms with van der Waals surface area (Å²) in [7, 11) is 0. The molecule has 0 bridgehead atoms. The smallest absolute Gasteiger partial charge is 0.244 e. The molecule has 0 fully saturated rings. The first-order valence-electron chi connectivity index (χ1n) is 7.36. The van der Waals surface area contributed by atoms with Crippen molar-refractivity contribution in [1.82, 2.24) is 15.1 Å². The molecule has 2 N–H and O–H groups in total. The van der Waals surface area contributed by atoms with Crippen LogP contribution in [0, 0.1) is 13.8 Å². The standard InChI is InChI=1S/C17H20ClN3O2/c1-12-3-5-14(6-4-12)11-21-17(18)15(13(2)20-21)7-8-16(23)19-9-10-22/h3-8,22H,9-11H2,1-2H3,(H,19,23)/b8-7+. The minimum absolute atomic E-state index is 0.0894. The first-order valence-corrected chi connectivity index (χ1v) is 7.74. The van der Waals surface area contributed by atoms with Crippen molar-refractivity contribution in [1.29, 1.82) is 0 Å². The lowest BCUT2D eigenvalue weighted by atomic mass is 10.1. The van der Waals surface area contributed by atoms with Gasteiger partial charge >= 0.3 is 0 Å². The molecule has 1 heterocycles. The number of aliphatic hydroxyl groups is 1. The Balaban J connectivity index is 2.14. The summed E-state index contributed by atoms with van der Waals surface area (Å²) in [5.74, 6) is -0.277. The van der Waals surface area contributed by atoms with Gasteiger partial charge in [-0.15, -0.1) is 0 Å². The topological polar surface area (TPSA) is 67.2 Å². The molecular weight excluding hydrogens is 314 g/mol. The van der Waals surface area contributed by atoms with Gasteiger partial charge in [-0.3, -0.25) is 4.79 Å². The van der Waals surface area contributed by atoms with Crippen LogP contribution in [0.1, 0.15) is 22.4 Å².